The van der Waals surface area contributed by atoms with Crippen molar-refractivity contribution in [3.63, 3.8) is 0 Å². The second kappa shape index (κ2) is 7.81. The monoisotopic (exact) mass is 457 g/mol. The molecule has 2 aliphatic heterocycles. The number of aromatic nitrogens is 1. The van der Waals surface area contributed by atoms with Crippen LogP contribution in [0.5, 0.6) is 5.75 Å². The van der Waals surface area contributed by atoms with Gasteiger partial charge in [-0.15, -0.1) is 0 Å². The number of nitrogens with two attached hydrogens (primary N) is 1. The van der Waals surface area contributed by atoms with E-state index < -0.39 is 5.54 Å². The number of nitrogens with zero attached hydrogens (tertiary/aromatic N) is 4. The molecule has 8 heteroatoms. The normalized spacial score (nSPS) is 29.8. The van der Waals surface area contributed by atoms with Crippen LogP contribution in [0, 0.1) is 23.2 Å². The highest BCUT2D eigenvalue weighted by atomic mass is 16.5. The molecule has 3 heterocycles. The molecule has 1 spiro atoms. The van der Waals surface area contributed by atoms with E-state index >= 15 is 0 Å². The summed E-state index contributed by atoms with van der Waals surface area (Å²) in [5, 5.41) is 9.29. The fourth-order valence-corrected chi connectivity index (χ4v) is 5.60. The molecular weight excluding hydrogens is 430 g/mol. The molecule has 34 heavy (non-hydrogen) atoms. The molecule has 174 valence electrons. The van der Waals surface area contributed by atoms with Crippen LogP contribution in [0.3, 0.4) is 0 Å². The van der Waals surface area contributed by atoms with Crippen LogP contribution < -0.4 is 10.5 Å². The Kier molecular flexibility index (Phi) is 4.85. The molecule has 0 saturated heterocycles. The summed E-state index contributed by atoms with van der Waals surface area (Å²) in [4.78, 5) is 24.3. The van der Waals surface area contributed by atoms with Gasteiger partial charge in [0.2, 0.25) is 0 Å². The maximum atomic E-state index is 13.8. The molecule has 1 amide bonds. The number of nitriles is 1. The van der Waals surface area contributed by atoms with Gasteiger partial charge in [-0.25, -0.2) is 4.99 Å². The van der Waals surface area contributed by atoms with Gasteiger partial charge in [-0.3, -0.25) is 14.7 Å². The van der Waals surface area contributed by atoms with E-state index in [0.717, 1.165) is 30.6 Å². The zero-order valence-electron chi connectivity index (χ0n) is 19.1. The first-order valence-corrected chi connectivity index (χ1v) is 11.9. The summed E-state index contributed by atoms with van der Waals surface area (Å²) in [7, 11) is 1.67. The summed E-state index contributed by atoms with van der Waals surface area (Å²) in [5.41, 5.74) is 7.91. The minimum absolute atomic E-state index is 0.0821. The molecule has 2 fully saturated rings. The predicted octanol–water partition coefficient (Wildman–Crippen LogP) is 2.96. The number of pyridine rings is 1. The molecule has 4 atom stereocenters. The highest BCUT2D eigenvalue weighted by Crippen LogP contribution is 2.54. The smallest absolute Gasteiger partial charge is 0.262 e. The summed E-state index contributed by atoms with van der Waals surface area (Å²) >= 11 is 0. The fourth-order valence-electron chi connectivity index (χ4n) is 5.60. The van der Waals surface area contributed by atoms with Crippen molar-refractivity contribution >= 4 is 11.9 Å². The topological polar surface area (TPSA) is 114 Å². The van der Waals surface area contributed by atoms with E-state index in [2.05, 4.69) is 11.1 Å². The van der Waals surface area contributed by atoms with Crippen molar-refractivity contribution in [2.75, 3.05) is 13.7 Å². The van der Waals surface area contributed by atoms with Crippen LogP contribution >= 0.6 is 0 Å². The maximum Gasteiger partial charge on any atom is 0.262 e. The lowest BCUT2D eigenvalue weighted by Gasteiger charge is -2.47. The van der Waals surface area contributed by atoms with Crippen molar-refractivity contribution in [1.29, 1.82) is 5.26 Å². The van der Waals surface area contributed by atoms with E-state index in [9.17, 15) is 10.1 Å². The van der Waals surface area contributed by atoms with Crippen LogP contribution in [0.2, 0.25) is 0 Å². The third-order valence-electron chi connectivity index (χ3n) is 7.67. The van der Waals surface area contributed by atoms with Crippen LogP contribution in [-0.4, -0.2) is 47.6 Å². The second-order valence-electron chi connectivity index (χ2n) is 9.86. The SMILES string of the molecule is CN1C(=O)[C@]2(N=C1N)c1cc(-c3cncc(C#N)c3)ccc1O[C@H]1CC[C@@H](OCC3CC3)C[C@@H]12. The van der Waals surface area contributed by atoms with Gasteiger partial charge in [0.1, 0.15) is 17.9 Å². The molecule has 1 aromatic heterocycles. The lowest BCUT2D eigenvalue weighted by atomic mass is 9.66. The molecule has 0 bridgehead atoms. The number of amides is 1. The van der Waals surface area contributed by atoms with Crippen LogP contribution in [0.4, 0.5) is 0 Å². The third-order valence-corrected chi connectivity index (χ3v) is 7.67. The predicted molar refractivity (Wildman–Crippen MR) is 125 cm³/mol. The second-order valence-corrected chi connectivity index (χ2v) is 9.86. The average molecular weight is 458 g/mol. The number of carbonyl (C=O) groups excluding carboxylic acids is 1. The number of likely N-dealkylation sites (N-methyl/N-ethyl adjacent to an activating group) is 1. The number of benzene rings is 1. The molecule has 2 aliphatic carbocycles. The molecule has 8 nitrogen and oxygen atoms in total. The molecule has 1 aromatic carbocycles. The summed E-state index contributed by atoms with van der Waals surface area (Å²) in [6.45, 7) is 0.790. The Hall–Kier alpha value is -3.44. The summed E-state index contributed by atoms with van der Waals surface area (Å²) < 4.78 is 12.7. The van der Waals surface area contributed by atoms with Gasteiger partial charge in [0.25, 0.3) is 5.91 Å². The zero-order valence-corrected chi connectivity index (χ0v) is 19.1. The lowest BCUT2D eigenvalue weighted by molar-refractivity contribution is -0.139. The lowest BCUT2D eigenvalue weighted by Crippen LogP contribution is -2.55. The Morgan fingerprint density at radius 1 is 1.24 bits per heavy atom. The summed E-state index contributed by atoms with van der Waals surface area (Å²) in [6.07, 6.45) is 8.10. The standard InChI is InChI=1S/C26H27N5O3/c1-31-24(32)26(30-25(31)28)20-9-17(18-8-16(11-27)12-29-13-18)4-6-22(20)34-23-7-5-19(10-21(23)26)33-14-15-2-3-15/h4,6,8-9,12-13,15,19,21,23H,2-3,5,7,10,14H2,1H3,(H2,28,30)/t19-,21+,23+,26+/m1/s1. The van der Waals surface area contributed by atoms with E-state index in [-0.39, 0.29) is 30.0 Å². The molecule has 6 rings (SSSR count). The van der Waals surface area contributed by atoms with E-state index in [0.29, 0.717) is 29.2 Å². The Bertz CT molecular complexity index is 1230. The van der Waals surface area contributed by atoms with E-state index in [1.165, 1.54) is 23.9 Å². The Morgan fingerprint density at radius 2 is 2.09 bits per heavy atom. The Balaban J connectivity index is 1.44. The summed E-state index contributed by atoms with van der Waals surface area (Å²) in [6, 6.07) is 9.71. The molecular formula is C26H27N5O3. The van der Waals surface area contributed by atoms with Gasteiger partial charge < -0.3 is 15.2 Å². The highest BCUT2D eigenvalue weighted by molar-refractivity contribution is 6.07. The number of hydrogen-bond donors (Lipinski definition) is 1. The van der Waals surface area contributed by atoms with Crippen LogP contribution in [0.15, 0.2) is 41.7 Å². The minimum Gasteiger partial charge on any atom is -0.490 e. The average Bonchev–Trinajstić information content (AvgIpc) is 3.67. The zero-order chi connectivity index (χ0) is 23.4. The third kappa shape index (κ3) is 3.26. The number of rotatable bonds is 4. The van der Waals surface area contributed by atoms with E-state index in [4.69, 9.17) is 20.2 Å². The number of ether oxygens (including phenoxy) is 2. The van der Waals surface area contributed by atoms with Crippen molar-refractivity contribution in [2.45, 2.75) is 49.9 Å². The number of hydrogen-bond acceptors (Lipinski definition) is 7. The van der Waals surface area contributed by atoms with Crippen molar-refractivity contribution in [3.05, 3.63) is 47.8 Å². The Labute approximate surface area is 198 Å². The van der Waals surface area contributed by atoms with Gasteiger partial charge >= 0.3 is 0 Å². The summed E-state index contributed by atoms with van der Waals surface area (Å²) in [5.74, 6) is 1.26. The van der Waals surface area contributed by atoms with Crippen LogP contribution in [-0.2, 0) is 15.1 Å². The Morgan fingerprint density at radius 3 is 2.82 bits per heavy atom. The number of aliphatic imine (C=N–C) groups is 1. The first-order valence-electron chi connectivity index (χ1n) is 11.9. The van der Waals surface area contributed by atoms with Crippen molar-refractivity contribution in [2.24, 2.45) is 22.6 Å². The van der Waals surface area contributed by atoms with E-state index in [1.54, 1.807) is 19.3 Å². The van der Waals surface area contributed by atoms with Gasteiger partial charge in [0.05, 0.1) is 11.7 Å². The minimum atomic E-state index is -1.14. The van der Waals surface area contributed by atoms with Crippen molar-refractivity contribution in [3.8, 4) is 22.9 Å². The molecule has 4 aliphatic rings. The molecule has 0 radical (unpaired) electrons. The van der Waals surface area contributed by atoms with Gasteiger partial charge in [-0.1, -0.05) is 6.07 Å². The van der Waals surface area contributed by atoms with Gasteiger partial charge in [-0.2, -0.15) is 5.26 Å². The molecule has 2 N–H and O–H groups in total. The van der Waals surface area contributed by atoms with Crippen molar-refractivity contribution in [1.82, 2.24) is 9.88 Å². The molecule has 0 unspecified atom stereocenters. The number of carbonyl (C=O) groups is 1. The molecule has 2 aromatic rings. The van der Waals surface area contributed by atoms with Crippen LogP contribution in [0.1, 0.15) is 43.2 Å². The first-order chi connectivity index (χ1) is 16.5. The largest absolute Gasteiger partial charge is 0.490 e. The van der Waals surface area contributed by atoms with Gasteiger partial charge in [-0.05, 0) is 61.8 Å². The van der Waals surface area contributed by atoms with Crippen molar-refractivity contribution < 1.29 is 14.3 Å². The van der Waals surface area contributed by atoms with Gasteiger partial charge in [0.15, 0.2) is 11.5 Å². The number of guanidine groups is 1. The maximum absolute atomic E-state index is 13.8. The fraction of sp³-hybridized carbons (Fsp3) is 0.462. The van der Waals surface area contributed by atoms with Gasteiger partial charge in [0, 0.05) is 43.1 Å². The molecule has 2 saturated carbocycles. The first kappa shape index (κ1) is 21.1. The number of fused-ring (bicyclic) bond motifs is 4. The highest BCUT2D eigenvalue weighted by Gasteiger charge is 2.61. The van der Waals surface area contributed by atoms with Crippen LogP contribution in [0.25, 0.3) is 11.1 Å². The quantitative estimate of drug-likeness (QED) is 0.755. The van der Waals surface area contributed by atoms with E-state index in [1.807, 2.05) is 18.2 Å².